The van der Waals surface area contributed by atoms with E-state index in [9.17, 15) is 9.59 Å². The van der Waals surface area contributed by atoms with Crippen molar-refractivity contribution in [3.05, 3.63) is 46.5 Å². The summed E-state index contributed by atoms with van der Waals surface area (Å²) in [7, 11) is 0. The lowest BCUT2D eigenvalue weighted by molar-refractivity contribution is -0.139. The zero-order chi connectivity index (χ0) is 14.2. The monoisotopic (exact) mass is 321 g/mol. The molecule has 0 unspecified atom stereocenters. The minimum atomic E-state index is -0.757. The number of likely N-dealkylation sites (tertiary alicyclic amines) is 1. The van der Waals surface area contributed by atoms with Crippen molar-refractivity contribution >= 4 is 27.7 Å². The van der Waals surface area contributed by atoms with E-state index in [4.69, 9.17) is 0 Å². The van der Waals surface area contributed by atoms with Crippen LogP contribution in [0.1, 0.15) is 25.8 Å². The first-order chi connectivity index (χ1) is 8.84. The molecule has 0 N–H and O–H groups in total. The molecule has 0 aliphatic carbocycles. The second kappa shape index (κ2) is 4.93. The Hall–Kier alpha value is -1.42. The highest BCUT2D eigenvalue weighted by atomic mass is 79.9. The van der Waals surface area contributed by atoms with Crippen molar-refractivity contribution in [2.45, 2.75) is 25.7 Å². The third-order valence-electron chi connectivity index (χ3n) is 3.43. The fraction of sp³-hybridized carbons (Fsp3) is 0.333. The summed E-state index contributed by atoms with van der Waals surface area (Å²) in [6.45, 7) is 7.72. The Morgan fingerprint density at radius 2 is 1.95 bits per heavy atom. The van der Waals surface area contributed by atoms with Crippen LogP contribution in [0.4, 0.5) is 0 Å². The van der Waals surface area contributed by atoms with Crippen molar-refractivity contribution < 1.29 is 9.59 Å². The summed E-state index contributed by atoms with van der Waals surface area (Å²) in [6.07, 6.45) is 0.223. The average Bonchev–Trinajstić information content (AvgIpc) is 2.54. The molecule has 1 aliphatic heterocycles. The normalized spacial score (nSPS) is 23.0. The smallest absolute Gasteiger partial charge is 0.240 e. The Bertz CT molecular complexity index is 550. The third kappa shape index (κ3) is 2.50. The highest BCUT2D eigenvalue weighted by molar-refractivity contribution is 9.10. The van der Waals surface area contributed by atoms with Crippen LogP contribution in [0, 0.1) is 0 Å². The summed E-state index contributed by atoms with van der Waals surface area (Å²) in [6, 6.07) is 7.55. The number of carbonyl (C=O) groups excluding carboxylic acids is 2. The number of nitrogens with zero attached hydrogens (tertiary/aromatic N) is 1. The molecule has 1 aromatic rings. The van der Waals surface area contributed by atoms with Crippen molar-refractivity contribution in [2.75, 3.05) is 6.54 Å². The summed E-state index contributed by atoms with van der Waals surface area (Å²) in [4.78, 5) is 25.9. The van der Waals surface area contributed by atoms with Crippen molar-refractivity contribution in [1.82, 2.24) is 4.90 Å². The van der Waals surface area contributed by atoms with Gasteiger partial charge in [0.15, 0.2) is 0 Å². The van der Waals surface area contributed by atoms with Crippen LogP contribution in [0.3, 0.4) is 0 Å². The molecule has 1 heterocycles. The molecule has 2 amide bonds. The third-order valence-corrected chi connectivity index (χ3v) is 3.96. The Morgan fingerprint density at radius 3 is 2.47 bits per heavy atom. The number of benzene rings is 1. The number of halogens is 1. The van der Waals surface area contributed by atoms with Crippen molar-refractivity contribution in [3.8, 4) is 0 Å². The van der Waals surface area contributed by atoms with Gasteiger partial charge in [-0.2, -0.15) is 0 Å². The maximum Gasteiger partial charge on any atom is 0.240 e. The minimum Gasteiger partial charge on any atom is -0.278 e. The second-order valence-corrected chi connectivity index (χ2v) is 6.17. The zero-order valence-electron chi connectivity index (χ0n) is 11.1. The highest BCUT2D eigenvalue weighted by Gasteiger charge is 2.48. The lowest BCUT2D eigenvalue weighted by Gasteiger charge is -2.22. The van der Waals surface area contributed by atoms with E-state index in [0.717, 1.165) is 15.6 Å². The van der Waals surface area contributed by atoms with Gasteiger partial charge >= 0.3 is 0 Å². The van der Waals surface area contributed by atoms with E-state index >= 15 is 0 Å². The van der Waals surface area contributed by atoms with Gasteiger partial charge in [-0.25, -0.2) is 0 Å². The molecule has 0 radical (unpaired) electrons. The summed E-state index contributed by atoms with van der Waals surface area (Å²) >= 11 is 3.37. The predicted molar refractivity (Wildman–Crippen MR) is 77.6 cm³/mol. The average molecular weight is 322 g/mol. The number of hydrogen-bond donors (Lipinski definition) is 0. The van der Waals surface area contributed by atoms with E-state index in [1.807, 2.05) is 38.1 Å². The fourth-order valence-corrected chi connectivity index (χ4v) is 2.62. The van der Waals surface area contributed by atoms with Crippen LogP contribution in [0.5, 0.6) is 0 Å². The molecule has 1 saturated heterocycles. The predicted octanol–water partition coefficient (Wildman–Crippen LogP) is 3.04. The molecular weight excluding hydrogens is 306 g/mol. The molecule has 1 aliphatic rings. The topological polar surface area (TPSA) is 37.4 Å². The molecular formula is C15H16BrNO2. The van der Waals surface area contributed by atoms with Crippen LogP contribution in [0.2, 0.25) is 0 Å². The molecule has 0 bridgehead atoms. The first-order valence-electron chi connectivity index (χ1n) is 6.10. The van der Waals surface area contributed by atoms with Gasteiger partial charge in [-0.1, -0.05) is 40.2 Å². The van der Waals surface area contributed by atoms with Gasteiger partial charge in [-0.15, -0.1) is 0 Å². The zero-order valence-corrected chi connectivity index (χ0v) is 12.7. The molecule has 3 nitrogen and oxygen atoms in total. The molecule has 0 saturated carbocycles. The van der Waals surface area contributed by atoms with Gasteiger partial charge in [0, 0.05) is 17.4 Å². The van der Waals surface area contributed by atoms with E-state index in [0.29, 0.717) is 6.54 Å². The molecule has 1 aromatic carbocycles. The Labute approximate surface area is 121 Å². The lowest BCUT2D eigenvalue weighted by Crippen LogP contribution is -2.37. The van der Waals surface area contributed by atoms with Crippen LogP contribution in [-0.2, 0) is 15.0 Å². The van der Waals surface area contributed by atoms with Gasteiger partial charge < -0.3 is 0 Å². The summed E-state index contributed by atoms with van der Waals surface area (Å²) in [5.74, 6) is -0.263. The Morgan fingerprint density at radius 1 is 1.37 bits per heavy atom. The number of amides is 2. The van der Waals surface area contributed by atoms with Crippen LogP contribution in [0.25, 0.3) is 0 Å². The van der Waals surface area contributed by atoms with Crippen molar-refractivity contribution in [1.29, 1.82) is 0 Å². The van der Waals surface area contributed by atoms with Gasteiger partial charge in [-0.3, -0.25) is 14.5 Å². The molecule has 0 spiro atoms. The van der Waals surface area contributed by atoms with E-state index in [1.165, 1.54) is 4.90 Å². The highest BCUT2D eigenvalue weighted by Crippen LogP contribution is 2.36. The van der Waals surface area contributed by atoms with E-state index in [1.54, 1.807) is 0 Å². The van der Waals surface area contributed by atoms with Gasteiger partial charge in [0.2, 0.25) is 11.8 Å². The Balaban J connectivity index is 2.35. The van der Waals surface area contributed by atoms with E-state index in [2.05, 4.69) is 22.5 Å². The number of imide groups is 1. The standard InChI is InChI=1S/C15H16BrNO2/c1-10(2)9-17-13(18)8-15(3,14(17)19)11-4-6-12(16)7-5-11/h4-7H,1,8-9H2,2-3H3/t15-/m1/s1. The first-order valence-corrected chi connectivity index (χ1v) is 6.89. The van der Waals surface area contributed by atoms with Crippen molar-refractivity contribution in [2.24, 2.45) is 0 Å². The largest absolute Gasteiger partial charge is 0.278 e. The van der Waals surface area contributed by atoms with Gasteiger partial charge in [0.25, 0.3) is 0 Å². The van der Waals surface area contributed by atoms with E-state index < -0.39 is 5.41 Å². The first kappa shape index (κ1) is 14.0. The van der Waals surface area contributed by atoms with Crippen LogP contribution >= 0.6 is 15.9 Å². The summed E-state index contributed by atoms with van der Waals surface area (Å²) in [5, 5.41) is 0. The molecule has 0 aromatic heterocycles. The number of hydrogen-bond acceptors (Lipinski definition) is 2. The summed E-state index contributed by atoms with van der Waals surface area (Å²) in [5.41, 5.74) is 0.924. The number of carbonyl (C=O) groups is 2. The molecule has 1 fully saturated rings. The fourth-order valence-electron chi connectivity index (χ4n) is 2.36. The lowest BCUT2D eigenvalue weighted by atomic mass is 9.81. The van der Waals surface area contributed by atoms with Crippen molar-refractivity contribution in [3.63, 3.8) is 0 Å². The van der Waals surface area contributed by atoms with Crippen LogP contribution < -0.4 is 0 Å². The molecule has 4 heteroatoms. The van der Waals surface area contributed by atoms with E-state index in [-0.39, 0.29) is 18.2 Å². The quantitative estimate of drug-likeness (QED) is 0.634. The second-order valence-electron chi connectivity index (χ2n) is 5.26. The van der Waals surface area contributed by atoms with Crippen LogP contribution in [-0.4, -0.2) is 23.3 Å². The SMILES string of the molecule is C=C(C)CN1C(=O)C[C@](C)(c2ccc(Br)cc2)C1=O. The Kier molecular flexibility index (Phi) is 3.63. The molecule has 19 heavy (non-hydrogen) atoms. The molecule has 1 atom stereocenters. The summed E-state index contributed by atoms with van der Waals surface area (Å²) < 4.78 is 0.954. The number of rotatable bonds is 3. The maximum atomic E-state index is 12.5. The van der Waals surface area contributed by atoms with Gasteiger partial charge in [-0.05, 0) is 31.5 Å². The van der Waals surface area contributed by atoms with Crippen LogP contribution in [0.15, 0.2) is 40.9 Å². The molecule has 100 valence electrons. The van der Waals surface area contributed by atoms with Gasteiger partial charge in [0.05, 0.1) is 5.41 Å². The maximum absolute atomic E-state index is 12.5. The van der Waals surface area contributed by atoms with Gasteiger partial charge in [0.1, 0.15) is 0 Å². The minimum absolute atomic E-state index is 0.126. The molecule has 2 rings (SSSR count).